The molecule has 0 aromatic carbocycles. The SMILES string of the molecule is CCC(C)CN(C)C(=O)NCc1cn(C)cn1. The predicted octanol–water partition coefficient (Wildman–Crippen LogP) is 1.61. The van der Waals surface area contributed by atoms with Crippen molar-refractivity contribution in [3.63, 3.8) is 0 Å². The Balaban J connectivity index is 2.34. The van der Waals surface area contributed by atoms with Crippen molar-refractivity contribution in [2.75, 3.05) is 13.6 Å². The average Bonchev–Trinajstić information content (AvgIpc) is 2.71. The number of carbonyl (C=O) groups is 1. The lowest BCUT2D eigenvalue weighted by atomic mass is 10.1. The van der Waals surface area contributed by atoms with Crippen LogP contribution in [0.3, 0.4) is 0 Å². The summed E-state index contributed by atoms with van der Waals surface area (Å²) in [5.74, 6) is 0.528. The zero-order valence-electron chi connectivity index (χ0n) is 11.1. The van der Waals surface area contributed by atoms with E-state index in [0.29, 0.717) is 12.5 Å². The molecule has 5 nitrogen and oxygen atoms in total. The lowest BCUT2D eigenvalue weighted by molar-refractivity contribution is 0.201. The van der Waals surface area contributed by atoms with Crippen LogP contribution in [0.15, 0.2) is 12.5 Å². The number of aryl methyl sites for hydroxylation is 1. The molecule has 0 fully saturated rings. The third-order valence-electron chi connectivity index (χ3n) is 2.81. The largest absolute Gasteiger partial charge is 0.340 e. The molecule has 1 N–H and O–H groups in total. The van der Waals surface area contributed by atoms with Gasteiger partial charge in [-0.15, -0.1) is 0 Å². The molecule has 96 valence electrons. The highest BCUT2D eigenvalue weighted by Gasteiger charge is 2.11. The van der Waals surface area contributed by atoms with Gasteiger partial charge < -0.3 is 14.8 Å². The molecule has 0 bridgehead atoms. The van der Waals surface area contributed by atoms with E-state index in [2.05, 4.69) is 24.1 Å². The molecule has 2 amide bonds. The van der Waals surface area contributed by atoms with Gasteiger partial charge in [0.15, 0.2) is 0 Å². The Morgan fingerprint density at radius 1 is 1.65 bits per heavy atom. The van der Waals surface area contributed by atoms with Crippen LogP contribution in [-0.2, 0) is 13.6 Å². The van der Waals surface area contributed by atoms with Gasteiger partial charge in [0.2, 0.25) is 0 Å². The van der Waals surface area contributed by atoms with Crippen LogP contribution >= 0.6 is 0 Å². The quantitative estimate of drug-likeness (QED) is 0.847. The van der Waals surface area contributed by atoms with E-state index in [1.165, 1.54) is 0 Å². The first-order valence-electron chi connectivity index (χ1n) is 5.98. The molecule has 0 spiro atoms. The number of imidazole rings is 1. The molecule has 17 heavy (non-hydrogen) atoms. The predicted molar refractivity (Wildman–Crippen MR) is 67.5 cm³/mol. The first-order valence-corrected chi connectivity index (χ1v) is 5.98. The zero-order chi connectivity index (χ0) is 12.8. The maximum Gasteiger partial charge on any atom is 0.317 e. The molecule has 1 unspecified atom stereocenters. The van der Waals surface area contributed by atoms with Gasteiger partial charge in [0.25, 0.3) is 0 Å². The van der Waals surface area contributed by atoms with Crippen LogP contribution < -0.4 is 5.32 Å². The van der Waals surface area contributed by atoms with E-state index in [4.69, 9.17) is 0 Å². The number of carbonyl (C=O) groups excluding carboxylic acids is 1. The van der Waals surface area contributed by atoms with Crippen molar-refractivity contribution in [1.82, 2.24) is 19.8 Å². The van der Waals surface area contributed by atoms with Crippen LogP contribution in [0.5, 0.6) is 0 Å². The Labute approximate surface area is 103 Å². The number of amides is 2. The fourth-order valence-corrected chi connectivity index (χ4v) is 1.54. The standard InChI is InChI=1S/C12H22N4O/c1-5-10(2)7-16(4)12(17)13-6-11-8-15(3)9-14-11/h8-10H,5-7H2,1-4H3,(H,13,17). The number of hydrogen-bond donors (Lipinski definition) is 1. The van der Waals surface area contributed by atoms with E-state index in [1.54, 1.807) is 11.2 Å². The normalized spacial score (nSPS) is 12.2. The summed E-state index contributed by atoms with van der Waals surface area (Å²) in [6.45, 7) is 5.53. The highest BCUT2D eigenvalue weighted by Crippen LogP contribution is 2.02. The summed E-state index contributed by atoms with van der Waals surface area (Å²) in [5.41, 5.74) is 0.873. The highest BCUT2D eigenvalue weighted by atomic mass is 16.2. The van der Waals surface area contributed by atoms with Crippen molar-refractivity contribution in [3.8, 4) is 0 Å². The summed E-state index contributed by atoms with van der Waals surface area (Å²) in [5, 5.41) is 2.85. The number of urea groups is 1. The lowest BCUT2D eigenvalue weighted by Gasteiger charge is -2.20. The molecule has 5 heteroatoms. The van der Waals surface area contributed by atoms with Gasteiger partial charge in [0, 0.05) is 26.8 Å². The third kappa shape index (κ3) is 4.46. The molecule has 1 heterocycles. The summed E-state index contributed by atoms with van der Waals surface area (Å²) in [7, 11) is 3.73. The minimum Gasteiger partial charge on any atom is -0.340 e. The summed E-state index contributed by atoms with van der Waals surface area (Å²) in [6, 6.07) is -0.0454. The molecule has 1 aromatic rings. The van der Waals surface area contributed by atoms with E-state index >= 15 is 0 Å². The maximum atomic E-state index is 11.8. The van der Waals surface area contributed by atoms with Crippen LogP contribution in [0.4, 0.5) is 4.79 Å². The topological polar surface area (TPSA) is 50.2 Å². The smallest absolute Gasteiger partial charge is 0.317 e. The number of rotatable bonds is 5. The number of nitrogens with zero attached hydrogens (tertiary/aromatic N) is 3. The Morgan fingerprint density at radius 2 is 2.35 bits per heavy atom. The van der Waals surface area contributed by atoms with Crippen molar-refractivity contribution < 1.29 is 4.79 Å². The Morgan fingerprint density at radius 3 is 2.88 bits per heavy atom. The average molecular weight is 238 g/mol. The van der Waals surface area contributed by atoms with Crippen molar-refractivity contribution in [2.24, 2.45) is 13.0 Å². The second-order valence-corrected chi connectivity index (χ2v) is 4.58. The van der Waals surface area contributed by atoms with Gasteiger partial charge in [0.1, 0.15) is 0 Å². The van der Waals surface area contributed by atoms with Gasteiger partial charge in [-0.3, -0.25) is 0 Å². The molecule has 0 aliphatic carbocycles. The van der Waals surface area contributed by atoms with Gasteiger partial charge in [-0.05, 0) is 5.92 Å². The maximum absolute atomic E-state index is 11.8. The summed E-state index contributed by atoms with van der Waals surface area (Å²) in [4.78, 5) is 17.6. The minimum atomic E-state index is -0.0454. The Kier molecular flexibility index (Phi) is 5.00. The molecule has 0 saturated carbocycles. The van der Waals surface area contributed by atoms with Gasteiger partial charge in [-0.25, -0.2) is 9.78 Å². The Hall–Kier alpha value is -1.52. The second-order valence-electron chi connectivity index (χ2n) is 4.58. The van der Waals surface area contributed by atoms with Gasteiger partial charge in [-0.2, -0.15) is 0 Å². The second kappa shape index (κ2) is 6.27. The van der Waals surface area contributed by atoms with Gasteiger partial charge in [0.05, 0.1) is 18.6 Å². The van der Waals surface area contributed by atoms with E-state index < -0.39 is 0 Å². The van der Waals surface area contributed by atoms with Crippen LogP contribution in [0.1, 0.15) is 26.0 Å². The summed E-state index contributed by atoms with van der Waals surface area (Å²) in [6.07, 6.45) is 4.71. The highest BCUT2D eigenvalue weighted by molar-refractivity contribution is 5.73. The van der Waals surface area contributed by atoms with Crippen molar-refractivity contribution >= 4 is 6.03 Å². The minimum absolute atomic E-state index is 0.0454. The van der Waals surface area contributed by atoms with Gasteiger partial charge in [-0.1, -0.05) is 20.3 Å². The number of aromatic nitrogens is 2. The zero-order valence-corrected chi connectivity index (χ0v) is 11.1. The molecule has 1 rings (SSSR count). The monoisotopic (exact) mass is 238 g/mol. The van der Waals surface area contributed by atoms with E-state index in [1.807, 2.05) is 24.9 Å². The number of nitrogens with one attached hydrogen (secondary N) is 1. The molecular formula is C12H22N4O. The van der Waals surface area contributed by atoms with Crippen LogP contribution in [0.2, 0.25) is 0 Å². The molecular weight excluding hydrogens is 216 g/mol. The molecule has 1 atom stereocenters. The van der Waals surface area contributed by atoms with Gasteiger partial charge >= 0.3 is 6.03 Å². The molecule has 0 radical (unpaired) electrons. The molecule has 0 aliphatic rings. The fraction of sp³-hybridized carbons (Fsp3) is 0.667. The summed E-state index contributed by atoms with van der Waals surface area (Å²) < 4.78 is 1.87. The van der Waals surface area contributed by atoms with Crippen LogP contribution in [0, 0.1) is 5.92 Å². The fourth-order valence-electron chi connectivity index (χ4n) is 1.54. The first kappa shape index (κ1) is 13.5. The molecule has 1 aromatic heterocycles. The van der Waals surface area contributed by atoms with E-state index in [-0.39, 0.29) is 6.03 Å². The van der Waals surface area contributed by atoms with Crippen molar-refractivity contribution in [1.29, 1.82) is 0 Å². The van der Waals surface area contributed by atoms with Crippen LogP contribution in [0.25, 0.3) is 0 Å². The molecule has 0 aliphatic heterocycles. The third-order valence-corrected chi connectivity index (χ3v) is 2.81. The van der Waals surface area contributed by atoms with Crippen LogP contribution in [-0.4, -0.2) is 34.1 Å². The van der Waals surface area contributed by atoms with E-state index in [0.717, 1.165) is 18.7 Å². The summed E-state index contributed by atoms with van der Waals surface area (Å²) >= 11 is 0. The van der Waals surface area contributed by atoms with Crippen molar-refractivity contribution in [3.05, 3.63) is 18.2 Å². The lowest BCUT2D eigenvalue weighted by Crippen LogP contribution is -2.39. The van der Waals surface area contributed by atoms with E-state index in [9.17, 15) is 4.79 Å². The molecule has 0 saturated heterocycles. The first-order chi connectivity index (χ1) is 8.02. The number of hydrogen-bond acceptors (Lipinski definition) is 2. The van der Waals surface area contributed by atoms with Crippen molar-refractivity contribution in [2.45, 2.75) is 26.8 Å². The Bertz CT molecular complexity index is 361.